The van der Waals surface area contributed by atoms with E-state index in [0.717, 1.165) is 16.9 Å². The van der Waals surface area contributed by atoms with Crippen LogP contribution in [0.1, 0.15) is 11.1 Å². The topological polar surface area (TPSA) is 67.6 Å². The molecule has 0 fully saturated rings. The molecule has 1 N–H and O–H groups in total. The molecule has 0 atom stereocenters. The van der Waals surface area contributed by atoms with Gasteiger partial charge in [0.05, 0.1) is 22.7 Å². The van der Waals surface area contributed by atoms with Crippen molar-refractivity contribution in [3.63, 3.8) is 0 Å². The predicted molar refractivity (Wildman–Crippen MR) is 104 cm³/mol. The molecule has 8 heteroatoms. The molecular weight excluding hydrogens is 362 g/mol. The van der Waals surface area contributed by atoms with Gasteiger partial charge in [-0.15, -0.1) is 0 Å². The number of hydrogen-bond donors (Lipinski definition) is 1. The van der Waals surface area contributed by atoms with E-state index < -0.39 is 4.92 Å². The van der Waals surface area contributed by atoms with Crippen molar-refractivity contribution >= 4 is 40.3 Å². The number of ether oxygens (including phenoxy) is 1. The van der Waals surface area contributed by atoms with Crippen LogP contribution in [0.25, 0.3) is 0 Å². The lowest BCUT2D eigenvalue weighted by atomic mass is 10.1. The Bertz CT molecular complexity index is 814. The van der Waals surface area contributed by atoms with Crippen LogP contribution in [-0.2, 0) is 6.54 Å². The Kier molecular flexibility index (Phi) is 6.17. The van der Waals surface area contributed by atoms with E-state index in [1.165, 1.54) is 18.2 Å². The van der Waals surface area contributed by atoms with Gasteiger partial charge in [-0.25, -0.2) is 0 Å². The molecule has 0 bridgehead atoms. The number of benzene rings is 2. The van der Waals surface area contributed by atoms with Crippen LogP contribution in [0.3, 0.4) is 0 Å². The average molecular weight is 380 g/mol. The highest BCUT2D eigenvalue weighted by atomic mass is 35.5. The molecule has 0 saturated carbocycles. The highest BCUT2D eigenvalue weighted by Crippen LogP contribution is 2.27. The summed E-state index contributed by atoms with van der Waals surface area (Å²) in [5.41, 5.74) is 2.44. The Morgan fingerprint density at radius 1 is 1.36 bits per heavy atom. The molecule has 132 valence electrons. The van der Waals surface area contributed by atoms with E-state index in [4.69, 9.17) is 28.6 Å². The second-order valence-corrected chi connectivity index (χ2v) is 6.32. The van der Waals surface area contributed by atoms with Gasteiger partial charge in [0.1, 0.15) is 5.75 Å². The third kappa shape index (κ3) is 4.80. The maximum atomic E-state index is 10.9. The number of aryl methyl sites for hydroxylation is 1. The minimum absolute atomic E-state index is 0.0577. The lowest BCUT2D eigenvalue weighted by Crippen LogP contribution is -2.30. The predicted octanol–water partition coefficient (Wildman–Crippen LogP) is 4.39. The number of halogens is 1. The summed E-state index contributed by atoms with van der Waals surface area (Å²) >= 11 is 11.5. The Hall–Kier alpha value is -2.38. The van der Waals surface area contributed by atoms with Crippen LogP contribution >= 0.6 is 23.8 Å². The molecule has 0 spiro atoms. The SMILES string of the molecule is COc1ccc(C)cc1CN(C)C(=S)Nc1cc([N+](=O)[O-])ccc1Cl. The van der Waals surface area contributed by atoms with Gasteiger partial charge in [-0.2, -0.15) is 0 Å². The van der Waals surface area contributed by atoms with E-state index >= 15 is 0 Å². The first-order valence-corrected chi connectivity index (χ1v) is 8.20. The van der Waals surface area contributed by atoms with Crippen molar-refractivity contribution in [2.75, 3.05) is 19.5 Å². The van der Waals surface area contributed by atoms with Crippen molar-refractivity contribution in [3.8, 4) is 5.75 Å². The van der Waals surface area contributed by atoms with Gasteiger partial charge in [-0.3, -0.25) is 10.1 Å². The molecule has 0 heterocycles. The van der Waals surface area contributed by atoms with Crippen LogP contribution < -0.4 is 10.1 Å². The molecule has 0 aliphatic rings. The summed E-state index contributed by atoms with van der Waals surface area (Å²) in [6, 6.07) is 10.1. The number of methoxy groups -OCH3 is 1. The van der Waals surface area contributed by atoms with Crippen LogP contribution in [0.4, 0.5) is 11.4 Å². The molecule has 2 aromatic rings. The molecular formula is C17H18ClN3O3S. The number of anilines is 1. The van der Waals surface area contributed by atoms with Crippen molar-refractivity contribution < 1.29 is 9.66 Å². The summed E-state index contributed by atoms with van der Waals surface area (Å²) < 4.78 is 5.37. The maximum absolute atomic E-state index is 10.9. The number of nitro benzene ring substituents is 1. The van der Waals surface area contributed by atoms with Crippen LogP contribution in [-0.4, -0.2) is 29.1 Å². The van der Waals surface area contributed by atoms with Gasteiger partial charge in [-0.1, -0.05) is 29.3 Å². The van der Waals surface area contributed by atoms with Gasteiger partial charge in [0.2, 0.25) is 0 Å². The van der Waals surface area contributed by atoms with Gasteiger partial charge in [0.15, 0.2) is 5.11 Å². The van der Waals surface area contributed by atoms with Crippen LogP contribution in [0.2, 0.25) is 5.02 Å². The monoisotopic (exact) mass is 379 g/mol. The smallest absolute Gasteiger partial charge is 0.271 e. The first-order chi connectivity index (χ1) is 11.8. The van der Waals surface area contributed by atoms with E-state index in [1.54, 1.807) is 7.11 Å². The normalized spacial score (nSPS) is 10.2. The standard InChI is InChI=1S/C17H18ClN3O3S/c1-11-4-7-16(24-3)12(8-11)10-20(2)17(25)19-15-9-13(21(22)23)5-6-14(15)18/h4-9H,10H2,1-3H3,(H,19,25). The van der Waals surface area contributed by atoms with E-state index in [-0.39, 0.29) is 5.69 Å². The van der Waals surface area contributed by atoms with Crippen LogP contribution in [0.15, 0.2) is 36.4 Å². The zero-order valence-electron chi connectivity index (χ0n) is 14.1. The maximum Gasteiger partial charge on any atom is 0.271 e. The van der Waals surface area contributed by atoms with Crippen LogP contribution in [0, 0.1) is 17.0 Å². The molecule has 25 heavy (non-hydrogen) atoms. The summed E-state index contributed by atoms with van der Waals surface area (Å²) in [5.74, 6) is 0.772. The molecule has 0 aliphatic carbocycles. The number of nitro groups is 1. The van der Waals surface area contributed by atoms with E-state index in [1.807, 2.05) is 37.1 Å². The summed E-state index contributed by atoms with van der Waals surface area (Å²) in [7, 11) is 3.44. The Morgan fingerprint density at radius 2 is 2.08 bits per heavy atom. The Labute approximate surface area is 156 Å². The molecule has 0 radical (unpaired) electrons. The van der Waals surface area contributed by atoms with Crippen molar-refractivity contribution in [1.29, 1.82) is 0 Å². The van der Waals surface area contributed by atoms with E-state index in [2.05, 4.69) is 5.32 Å². The third-order valence-corrected chi connectivity index (χ3v) is 4.34. The molecule has 0 aromatic heterocycles. The highest BCUT2D eigenvalue weighted by Gasteiger charge is 2.14. The largest absolute Gasteiger partial charge is 0.496 e. The van der Waals surface area contributed by atoms with Gasteiger partial charge in [0.25, 0.3) is 5.69 Å². The number of hydrogen-bond acceptors (Lipinski definition) is 4. The van der Waals surface area contributed by atoms with Crippen molar-refractivity contribution in [1.82, 2.24) is 4.90 Å². The molecule has 2 aromatic carbocycles. The number of non-ortho nitro benzene ring substituents is 1. The number of nitrogens with zero attached hydrogens (tertiary/aromatic N) is 2. The van der Waals surface area contributed by atoms with Gasteiger partial charge in [0, 0.05) is 31.3 Å². The molecule has 0 unspecified atom stereocenters. The Balaban J connectivity index is 2.15. The molecule has 0 amide bonds. The minimum atomic E-state index is -0.480. The number of thiocarbonyl (C=S) groups is 1. The summed E-state index contributed by atoms with van der Waals surface area (Å²) in [5, 5.41) is 14.6. The van der Waals surface area contributed by atoms with Gasteiger partial charge < -0.3 is 15.0 Å². The second kappa shape index (κ2) is 8.13. The first-order valence-electron chi connectivity index (χ1n) is 7.41. The van der Waals surface area contributed by atoms with Gasteiger partial charge >= 0.3 is 0 Å². The fraction of sp³-hybridized carbons (Fsp3) is 0.235. The zero-order valence-corrected chi connectivity index (χ0v) is 15.6. The van der Waals surface area contributed by atoms with Crippen LogP contribution in [0.5, 0.6) is 5.75 Å². The number of nitrogens with one attached hydrogen (secondary N) is 1. The van der Waals surface area contributed by atoms with Crippen molar-refractivity contribution in [2.24, 2.45) is 0 Å². The fourth-order valence-electron chi connectivity index (χ4n) is 2.29. The number of rotatable bonds is 5. The van der Waals surface area contributed by atoms with E-state index in [0.29, 0.717) is 22.4 Å². The summed E-state index contributed by atoms with van der Waals surface area (Å²) in [6.07, 6.45) is 0. The second-order valence-electron chi connectivity index (χ2n) is 5.52. The fourth-order valence-corrected chi connectivity index (χ4v) is 2.63. The summed E-state index contributed by atoms with van der Waals surface area (Å²) in [4.78, 5) is 12.2. The Morgan fingerprint density at radius 3 is 2.72 bits per heavy atom. The quantitative estimate of drug-likeness (QED) is 0.472. The third-order valence-electron chi connectivity index (χ3n) is 3.59. The first kappa shape index (κ1) is 19.0. The average Bonchev–Trinajstić information content (AvgIpc) is 2.56. The lowest BCUT2D eigenvalue weighted by Gasteiger charge is -2.22. The summed E-state index contributed by atoms with van der Waals surface area (Å²) in [6.45, 7) is 2.52. The molecule has 2 rings (SSSR count). The lowest BCUT2D eigenvalue weighted by molar-refractivity contribution is -0.384. The highest BCUT2D eigenvalue weighted by molar-refractivity contribution is 7.80. The molecule has 6 nitrogen and oxygen atoms in total. The molecule has 0 saturated heterocycles. The van der Waals surface area contributed by atoms with Gasteiger partial charge in [-0.05, 0) is 31.3 Å². The zero-order chi connectivity index (χ0) is 18.6. The van der Waals surface area contributed by atoms with Crippen molar-refractivity contribution in [2.45, 2.75) is 13.5 Å². The van der Waals surface area contributed by atoms with E-state index in [9.17, 15) is 10.1 Å². The minimum Gasteiger partial charge on any atom is -0.496 e. The van der Waals surface area contributed by atoms with Crippen molar-refractivity contribution in [3.05, 3.63) is 62.7 Å². The molecule has 0 aliphatic heterocycles.